The molecule has 0 amide bonds. The minimum absolute atomic E-state index is 0.288. The molecular formula is C18H21Cl2N5. The Hall–Kier alpha value is -1.98. The molecule has 25 heavy (non-hydrogen) atoms. The molecule has 1 aromatic carbocycles. The highest BCUT2D eigenvalue weighted by Crippen LogP contribution is 2.25. The normalized spacial score (nSPS) is 17.6. The van der Waals surface area contributed by atoms with Gasteiger partial charge in [0.15, 0.2) is 5.96 Å². The zero-order valence-corrected chi connectivity index (χ0v) is 15.6. The van der Waals surface area contributed by atoms with E-state index in [2.05, 4.69) is 25.5 Å². The van der Waals surface area contributed by atoms with E-state index in [4.69, 9.17) is 23.2 Å². The number of nitrogens with one attached hydrogen (secondary N) is 2. The molecule has 5 nitrogen and oxygen atoms in total. The number of rotatable bonds is 4. The molecule has 1 aliphatic heterocycles. The maximum absolute atomic E-state index is 6.24. The highest BCUT2D eigenvalue weighted by Gasteiger charge is 2.25. The van der Waals surface area contributed by atoms with Gasteiger partial charge in [-0.1, -0.05) is 41.4 Å². The summed E-state index contributed by atoms with van der Waals surface area (Å²) in [4.78, 5) is 10.9. The van der Waals surface area contributed by atoms with Crippen molar-refractivity contribution >= 4 is 35.0 Å². The second-order valence-corrected chi connectivity index (χ2v) is 6.72. The van der Waals surface area contributed by atoms with Crippen LogP contribution in [0.3, 0.4) is 0 Å². The Morgan fingerprint density at radius 3 is 2.80 bits per heavy atom. The number of pyridine rings is 1. The predicted molar refractivity (Wildman–Crippen MR) is 105 cm³/mol. The van der Waals surface area contributed by atoms with Crippen molar-refractivity contribution in [1.29, 1.82) is 0 Å². The van der Waals surface area contributed by atoms with E-state index in [1.165, 1.54) is 0 Å². The van der Waals surface area contributed by atoms with Crippen LogP contribution in [0.1, 0.15) is 12.0 Å². The minimum atomic E-state index is 0.288. The molecule has 0 radical (unpaired) electrons. The van der Waals surface area contributed by atoms with Crippen molar-refractivity contribution in [2.45, 2.75) is 19.0 Å². The lowest BCUT2D eigenvalue weighted by atomic mass is 10.2. The zero-order valence-electron chi connectivity index (χ0n) is 14.0. The number of hydrogen-bond acceptors (Lipinski definition) is 3. The lowest BCUT2D eigenvalue weighted by molar-refractivity contribution is 0.648. The summed E-state index contributed by atoms with van der Waals surface area (Å²) in [6, 6.07) is 11.8. The van der Waals surface area contributed by atoms with Crippen molar-refractivity contribution in [2.75, 3.05) is 25.0 Å². The molecule has 132 valence electrons. The SMILES string of the molecule is CN=C(NCc1ccccc1Cl)NC1CCN(c2ncccc2Cl)C1. The van der Waals surface area contributed by atoms with Crippen LogP contribution in [0.25, 0.3) is 0 Å². The van der Waals surface area contributed by atoms with Gasteiger partial charge in [0.2, 0.25) is 0 Å². The summed E-state index contributed by atoms with van der Waals surface area (Å²) in [5, 5.41) is 8.21. The molecule has 0 aliphatic carbocycles. The molecule has 7 heteroatoms. The molecule has 2 aromatic rings. The van der Waals surface area contributed by atoms with Crippen LogP contribution >= 0.6 is 23.2 Å². The van der Waals surface area contributed by atoms with Crippen molar-refractivity contribution in [2.24, 2.45) is 4.99 Å². The maximum Gasteiger partial charge on any atom is 0.191 e. The second-order valence-electron chi connectivity index (χ2n) is 5.90. The van der Waals surface area contributed by atoms with Gasteiger partial charge in [0.05, 0.1) is 5.02 Å². The molecule has 1 saturated heterocycles. The number of guanidine groups is 1. The van der Waals surface area contributed by atoms with E-state index in [0.717, 1.165) is 41.9 Å². The van der Waals surface area contributed by atoms with E-state index in [1.54, 1.807) is 13.2 Å². The van der Waals surface area contributed by atoms with Gasteiger partial charge in [-0.3, -0.25) is 4.99 Å². The fourth-order valence-corrected chi connectivity index (χ4v) is 3.33. The van der Waals surface area contributed by atoms with Crippen molar-refractivity contribution in [3.8, 4) is 0 Å². The number of anilines is 1. The van der Waals surface area contributed by atoms with E-state index < -0.39 is 0 Å². The average molecular weight is 378 g/mol. The monoisotopic (exact) mass is 377 g/mol. The lowest BCUT2D eigenvalue weighted by Crippen LogP contribution is -2.44. The third-order valence-electron chi connectivity index (χ3n) is 4.20. The Kier molecular flexibility index (Phi) is 6.00. The van der Waals surface area contributed by atoms with E-state index in [9.17, 15) is 0 Å². The van der Waals surface area contributed by atoms with Crippen LogP contribution in [-0.4, -0.2) is 37.1 Å². The summed E-state index contributed by atoms with van der Waals surface area (Å²) in [7, 11) is 1.77. The fraction of sp³-hybridized carbons (Fsp3) is 0.333. The molecule has 2 heterocycles. The van der Waals surface area contributed by atoms with Gasteiger partial charge in [0.1, 0.15) is 5.82 Å². The van der Waals surface area contributed by atoms with Crippen molar-refractivity contribution in [3.63, 3.8) is 0 Å². The van der Waals surface area contributed by atoms with Crippen molar-refractivity contribution in [1.82, 2.24) is 15.6 Å². The molecule has 2 N–H and O–H groups in total. The number of aromatic nitrogens is 1. The quantitative estimate of drug-likeness (QED) is 0.633. The molecule has 1 atom stereocenters. The van der Waals surface area contributed by atoms with Crippen LogP contribution < -0.4 is 15.5 Å². The van der Waals surface area contributed by atoms with E-state index in [0.29, 0.717) is 11.6 Å². The van der Waals surface area contributed by atoms with Crippen LogP contribution in [0.2, 0.25) is 10.0 Å². The van der Waals surface area contributed by atoms with Gasteiger partial charge >= 0.3 is 0 Å². The molecule has 1 unspecified atom stereocenters. The second kappa shape index (κ2) is 8.41. The van der Waals surface area contributed by atoms with Crippen LogP contribution in [-0.2, 0) is 6.54 Å². The summed E-state index contributed by atoms with van der Waals surface area (Å²) in [6.07, 6.45) is 2.77. The first-order valence-corrected chi connectivity index (χ1v) is 8.99. The molecule has 0 spiro atoms. The summed E-state index contributed by atoms with van der Waals surface area (Å²) >= 11 is 12.4. The maximum atomic E-state index is 6.24. The molecule has 1 aromatic heterocycles. The van der Waals surface area contributed by atoms with E-state index in [-0.39, 0.29) is 6.04 Å². The number of benzene rings is 1. The standard InChI is InChI=1S/C18H21Cl2N5/c1-21-18(23-11-13-5-2-3-6-15(13)19)24-14-8-10-25(12-14)17-16(20)7-4-9-22-17/h2-7,9,14H,8,10-12H2,1H3,(H2,21,23,24). The van der Waals surface area contributed by atoms with Gasteiger partial charge in [0, 0.05) is 43.9 Å². The topological polar surface area (TPSA) is 52.6 Å². The Morgan fingerprint density at radius 1 is 1.24 bits per heavy atom. The zero-order chi connectivity index (χ0) is 17.6. The average Bonchev–Trinajstić information content (AvgIpc) is 3.08. The molecule has 3 rings (SSSR count). The van der Waals surface area contributed by atoms with E-state index in [1.807, 2.05) is 36.4 Å². The largest absolute Gasteiger partial charge is 0.353 e. The number of halogens is 2. The Balaban J connectivity index is 1.55. The van der Waals surface area contributed by atoms with Gasteiger partial charge < -0.3 is 15.5 Å². The Bertz CT molecular complexity index is 750. The van der Waals surface area contributed by atoms with Gasteiger partial charge in [-0.05, 0) is 30.2 Å². The third-order valence-corrected chi connectivity index (χ3v) is 4.86. The van der Waals surface area contributed by atoms with Crippen LogP contribution in [0.4, 0.5) is 5.82 Å². The molecule has 0 bridgehead atoms. The third kappa shape index (κ3) is 4.55. The highest BCUT2D eigenvalue weighted by atomic mass is 35.5. The van der Waals surface area contributed by atoms with Crippen LogP contribution in [0.5, 0.6) is 0 Å². The summed E-state index contributed by atoms with van der Waals surface area (Å²) in [6.45, 7) is 2.38. The molecule has 1 fully saturated rings. The van der Waals surface area contributed by atoms with Gasteiger partial charge in [-0.15, -0.1) is 0 Å². The first-order chi connectivity index (χ1) is 12.2. The Morgan fingerprint density at radius 2 is 2.04 bits per heavy atom. The van der Waals surface area contributed by atoms with Gasteiger partial charge in [0.25, 0.3) is 0 Å². The van der Waals surface area contributed by atoms with Crippen LogP contribution in [0.15, 0.2) is 47.6 Å². The number of nitrogens with zero attached hydrogens (tertiary/aromatic N) is 3. The van der Waals surface area contributed by atoms with Gasteiger partial charge in [-0.2, -0.15) is 0 Å². The molecule has 1 aliphatic rings. The van der Waals surface area contributed by atoms with Crippen LogP contribution in [0, 0.1) is 0 Å². The lowest BCUT2D eigenvalue weighted by Gasteiger charge is -2.20. The predicted octanol–water partition coefficient (Wildman–Crippen LogP) is 3.33. The summed E-state index contributed by atoms with van der Waals surface area (Å²) in [5.74, 6) is 1.60. The highest BCUT2D eigenvalue weighted by molar-refractivity contribution is 6.33. The van der Waals surface area contributed by atoms with Gasteiger partial charge in [-0.25, -0.2) is 4.98 Å². The molecular weight excluding hydrogens is 357 g/mol. The summed E-state index contributed by atoms with van der Waals surface area (Å²) < 4.78 is 0. The summed E-state index contributed by atoms with van der Waals surface area (Å²) in [5.41, 5.74) is 1.04. The Labute approximate surface area is 158 Å². The first-order valence-electron chi connectivity index (χ1n) is 8.23. The van der Waals surface area contributed by atoms with Crippen molar-refractivity contribution in [3.05, 3.63) is 58.2 Å². The molecule has 0 saturated carbocycles. The number of hydrogen-bond donors (Lipinski definition) is 2. The fourth-order valence-electron chi connectivity index (χ4n) is 2.89. The number of aliphatic imine (C=N–C) groups is 1. The smallest absolute Gasteiger partial charge is 0.191 e. The van der Waals surface area contributed by atoms with E-state index >= 15 is 0 Å². The first kappa shape index (κ1) is 17.8. The van der Waals surface area contributed by atoms with Crippen molar-refractivity contribution < 1.29 is 0 Å². The minimum Gasteiger partial charge on any atom is -0.353 e.